The molecule has 11 atom stereocenters. The maximum absolute atomic E-state index is 13.8. The van der Waals surface area contributed by atoms with Gasteiger partial charge in [-0.3, -0.25) is 38.4 Å². The lowest BCUT2D eigenvalue weighted by molar-refractivity contribution is -0.145. The Bertz CT molecular complexity index is 1750. The summed E-state index contributed by atoms with van der Waals surface area (Å²) in [6.07, 6.45) is -2.97. The van der Waals surface area contributed by atoms with Crippen molar-refractivity contribution in [3.8, 4) is 0 Å². The molecule has 1 aromatic carbocycles. The summed E-state index contributed by atoms with van der Waals surface area (Å²) in [5.74, 6) is -9.12. The van der Waals surface area contributed by atoms with Crippen LogP contribution in [-0.4, -0.2) is 153 Å². The van der Waals surface area contributed by atoms with Crippen molar-refractivity contribution in [3.05, 3.63) is 35.9 Å². The van der Waals surface area contributed by atoms with E-state index in [0.29, 0.717) is 5.56 Å². The van der Waals surface area contributed by atoms with Crippen molar-refractivity contribution in [2.45, 2.75) is 141 Å². The maximum Gasteiger partial charge on any atom is 0.328 e. The minimum absolute atomic E-state index is 0.0168. The van der Waals surface area contributed by atoms with E-state index < -0.39 is 126 Å². The summed E-state index contributed by atoms with van der Waals surface area (Å²) in [7, 11) is 0. The van der Waals surface area contributed by atoms with Crippen LogP contribution in [0.5, 0.6) is 0 Å². The van der Waals surface area contributed by atoms with Gasteiger partial charge in [-0.05, 0) is 57.9 Å². The summed E-state index contributed by atoms with van der Waals surface area (Å²) >= 11 is 4.17. The lowest BCUT2D eigenvalue weighted by Crippen LogP contribution is -2.62. The summed E-state index contributed by atoms with van der Waals surface area (Å²) in [6.45, 7) is 11.2. The Morgan fingerprint density at radius 1 is 0.531 bits per heavy atom. The largest absolute Gasteiger partial charge is 0.480 e. The van der Waals surface area contributed by atoms with Gasteiger partial charge in [0, 0.05) is 12.2 Å². The molecule has 1 aromatic rings. The van der Waals surface area contributed by atoms with E-state index in [1.165, 1.54) is 20.8 Å². The minimum Gasteiger partial charge on any atom is -0.480 e. The van der Waals surface area contributed by atoms with Crippen LogP contribution in [0, 0.1) is 11.8 Å². The molecule has 0 aromatic heterocycles. The fourth-order valence-electron chi connectivity index (χ4n) is 5.94. The van der Waals surface area contributed by atoms with Crippen LogP contribution in [-0.2, 0) is 49.6 Å². The number of nitrogens with two attached hydrogens (primary N) is 1. The number of carbonyl (C=O) groups is 9. The van der Waals surface area contributed by atoms with Gasteiger partial charge < -0.3 is 68.7 Å². The molecule has 360 valence electrons. The summed E-state index contributed by atoms with van der Waals surface area (Å²) < 4.78 is 0. The molecule has 64 heavy (non-hydrogen) atoms. The third-order valence-corrected chi connectivity index (χ3v) is 9.87. The smallest absolute Gasteiger partial charge is 0.328 e. The van der Waals surface area contributed by atoms with Gasteiger partial charge in [0.15, 0.2) is 6.04 Å². The van der Waals surface area contributed by atoms with Crippen LogP contribution in [0.2, 0.25) is 0 Å². The van der Waals surface area contributed by atoms with Crippen molar-refractivity contribution in [1.29, 1.82) is 0 Å². The molecular weight excluding hydrogens is 859 g/mol. The van der Waals surface area contributed by atoms with E-state index >= 15 is 0 Å². The van der Waals surface area contributed by atoms with Crippen LogP contribution in [0.1, 0.15) is 73.8 Å². The van der Waals surface area contributed by atoms with E-state index in [1.54, 1.807) is 44.2 Å². The molecule has 0 heterocycles. The zero-order chi connectivity index (χ0) is 49.0. The Balaban J connectivity index is 3.26. The number of aliphatic hydroxyl groups excluding tert-OH is 3. The van der Waals surface area contributed by atoms with Crippen LogP contribution in [0.3, 0.4) is 0 Å². The van der Waals surface area contributed by atoms with Crippen LogP contribution in [0.15, 0.2) is 30.3 Å². The number of thiol groups is 1. The van der Waals surface area contributed by atoms with Crippen molar-refractivity contribution >= 4 is 65.9 Å². The lowest BCUT2D eigenvalue weighted by Gasteiger charge is -2.28. The topological polar surface area (TPSA) is 357 Å². The molecule has 0 aliphatic heterocycles. The predicted molar refractivity (Wildman–Crippen MR) is 236 cm³/mol. The molecule has 0 aliphatic carbocycles. The molecule has 0 aliphatic rings. The summed E-state index contributed by atoms with van der Waals surface area (Å²) in [6, 6.07) is -4.08. The third kappa shape index (κ3) is 19.6. The van der Waals surface area contributed by atoms with Crippen molar-refractivity contribution < 1.29 is 63.6 Å². The zero-order valence-corrected chi connectivity index (χ0v) is 38.3. The van der Waals surface area contributed by atoms with Crippen molar-refractivity contribution in [3.63, 3.8) is 0 Å². The van der Waals surface area contributed by atoms with E-state index in [0.717, 1.165) is 6.92 Å². The second kappa shape index (κ2) is 27.7. The van der Waals surface area contributed by atoms with Gasteiger partial charge in [-0.25, -0.2) is 4.79 Å². The second-order valence-electron chi connectivity index (χ2n) is 16.4. The van der Waals surface area contributed by atoms with Gasteiger partial charge in [0.2, 0.25) is 47.3 Å². The van der Waals surface area contributed by atoms with Gasteiger partial charge >= 0.3 is 5.97 Å². The number of benzene rings is 1. The maximum atomic E-state index is 13.8. The molecule has 23 heteroatoms. The Kier molecular flexibility index (Phi) is 24.6. The Morgan fingerprint density at radius 2 is 0.938 bits per heavy atom. The number of amides is 8. The van der Waals surface area contributed by atoms with Crippen LogP contribution < -0.4 is 48.3 Å². The number of hydrogen-bond donors (Lipinski definition) is 14. The van der Waals surface area contributed by atoms with Gasteiger partial charge in [-0.15, -0.1) is 0 Å². The molecule has 14 N–H and O–H groups in total. The van der Waals surface area contributed by atoms with Gasteiger partial charge in [-0.2, -0.15) is 12.6 Å². The van der Waals surface area contributed by atoms with Gasteiger partial charge in [-0.1, -0.05) is 58.0 Å². The number of carboxylic acids is 1. The lowest BCUT2D eigenvalue weighted by atomic mass is 10.0. The van der Waals surface area contributed by atoms with Crippen molar-refractivity contribution in [2.24, 2.45) is 17.6 Å². The first kappa shape index (κ1) is 56.7. The quantitative estimate of drug-likeness (QED) is 0.0379. The van der Waals surface area contributed by atoms with Gasteiger partial charge in [0.05, 0.1) is 24.9 Å². The first-order valence-electron chi connectivity index (χ1n) is 20.9. The van der Waals surface area contributed by atoms with E-state index in [-0.39, 0.29) is 36.9 Å². The second-order valence-corrected chi connectivity index (χ2v) is 16.8. The molecule has 1 rings (SSSR count). The molecule has 0 unspecified atom stereocenters. The summed E-state index contributed by atoms with van der Waals surface area (Å²) in [5.41, 5.74) is 6.22. The molecule has 0 spiro atoms. The van der Waals surface area contributed by atoms with Gasteiger partial charge in [0.1, 0.15) is 42.3 Å². The molecule has 0 fully saturated rings. The van der Waals surface area contributed by atoms with Crippen molar-refractivity contribution in [2.75, 3.05) is 12.4 Å². The fraction of sp³-hybridized carbons (Fsp3) is 0.634. The predicted octanol–water partition coefficient (Wildman–Crippen LogP) is -3.66. The third-order valence-electron chi connectivity index (χ3n) is 9.50. The number of aliphatic hydroxyl groups is 3. The first-order valence-corrected chi connectivity index (χ1v) is 21.5. The molecule has 22 nitrogen and oxygen atoms in total. The van der Waals surface area contributed by atoms with Crippen molar-refractivity contribution in [1.82, 2.24) is 42.5 Å². The molecule has 0 saturated heterocycles. The highest BCUT2D eigenvalue weighted by atomic mass is 32.1. The van der Waals surface area contributed by atoms with Crippen LogP contribution in [0.25, 0.3) is 0 Å². The molecule has 0 saturated carbocycles. The number of hydrogen-bond acceptors (Lipinski definition) is 14. The Labute approximate surface area is 378 Å². The monoisotopic (exact) mass is 925 g/mol. The number of carbonyl (C=O) groups excluding carboxylic acids is 8. The van der Waals surface area contributed by atoms with Crippen LogP contribution in [0.4, 0.5) is 0 Å². The first-order chi connectivity index (χ1) is 29.8. The Morgan fingerprint density at radius 3 is 1.38 bits per heavy atom. The zero-order valence-electron chi connectivity index (χ0n) is 37.4. The normalized spacial score (nSPS) is 16.4. The SMILES string of the molecule is CC(C)C[C@H](NC(=O)[C@H](C)N)C(=O)N[C@@H](CS)C(=O)N[C@H](C(=O)N[C@@H](Cc1ccccc1)C(=O)N[C@@H](C)C(=O)N[C@@H](CC(C)C)C(=O)N[C@@H](CO)C(=O)N[C@H](C(=O)O)[C@@H](C)O)[C@@H](C)O. The van der Waals surface area contributed by atoms with E-state index in [9.17, 15) is 63.6 Å². The number of carboxylic acid groups (broad SMARTS) is 1. The number of rotatable bonds is 27. The highest BCUT2D eigenvalue weighted by molar-refractivity contribution is 7.80. The molecule has 0 bridgehead atoms. The average molecular weight is 926 g/mol. The van der Waals surface area contributed by atoms with E-state index in [4.69, 9.17) is 5.73 Å². The Hall–Kier alpha value is -5.36. The number of aliphatic carboxylic acids is 1. The summed E-state index contributed by atoms with van der Waals surface area (Å²) in [5, 5.41) is 58.7. The minimum atomic E-state index is -1.75. The van der Waals surface area contributed by atoms with E-state index in [2.05, 4.69) is 49.8 Å². The van der Waals surface area contributed by atoms with Gasteiger partial charge in [0.25, 0.3) is 0 Å². The molecule has 0 radical (unpaired) electrons. The van der Waals surface area contributed by atoms with Crippen LogP contribution >= 0.6 is 12.6 Å². The fourth-order valence-corrected chi connectivity index (χ4v) is 6.20. The molecule has 8 amide bonds. The number of nitrogens with one attached hydrogen (secondary N) is 8. The highest BCUT2D eigenvalue weighted by Crippen LogP contribution is 2.10. The summed E-state index contributed by atoms with van der Waals surface area (Å²) in [4.78, 5) is 118. The molecular formula is C41H67N9O13S. The van der Waals surface area contributed by atoms with E-state index in [1.807, 2.05) is 19.2 Å². The average Bonchev–Trinajstić information content (AvgIpc) is 3.21. The standard InChI is InChI=1S/C41H67N9O13S/c1-19(2)14-26(44-33(54)21(5)42)37(58)48-30(18-64)39(60)49-31(23(7)52)40(61)46-28(16-25-12-10-9-11-13-25)35(56)43-22(6)34(55)45-27(15-20(3)4)36(57)47-29(17-51)38(59)50-32(24(8)53)41(62)63/h9-13,19-24,26-32,51-53,64H,14-18,42H2,1-8H3,(H,43,56)(H,44,54)(H,45,55)(H,46,61)(H,47,57)(H,48,58)(H,49,60)(H,50,59)(H,62,63)/t21-,22-,23+,24+,26-,27-,28-,29-,30-,31-,32-/m0/s1. The highest BCUT2D eigenvalue weighted by Gasteiger charge is 2.36.